The second-order valence-corrected chi connectivity index (χ2v) is 15.8. The SMILES string of the molecule is CC(Cc1ccc(C(C)(C)C)cc1)CN1CCCCC1.CC(Cc1ccc(C(C)(C)C)cc1)CN1C[C@@H](C)O[C@@H](C)C1. The fraction of sp³-hybridized carbons (Fsp3) is 0.692. The zero-order valence-corrected chi connectivity index (χ0v) is 29.0. The molecular formula is C39H64N2O. The third kappa shape index (κ3) is 12.1. The Balaban J connectivity index is 0.000000231. The summed E-state index contributed by atoms with van der Waals surface area (Å²) in [5.41, 5.74) is 6.30. The second kappa shape index (κ2) is 15.9. The summed E-state index contributed by atoms with van der Waals surface area (Å²) in [6.45, 7) is 30.0. The summed E-state index contributed by atoms with van der Waals surface area (Å²) in [6.07, 6.45) is 7.31. The van der Waals surface area contributed by atoms with Gasteiger partial charge < -0.3 is 9.64 Å². The van der Waals surface area contributed by atoms with Gasteiger partial charge in [-0.15, -0.1) is 0 Å². The highest BCUT2D eigenvalue weighted by atomic mass is 16.5. The number of nitrogens with zero attached hydrogens (tertiary/aromatic N) is 2. The van der Waals surface area contributed by atoms with Gasteiger partial charge in [-0.2, -0.15) is 0 Å². The van der Waals surface area contributed by atoms with Crippen molar-refractivity contribution in [2.24, 2.45) is 11.8 Å². The molecule has 2 unspecified atom stereocenters. The van der Waals surface area contributed by atoms with E-state index in [9.17, 15) is 0 Å². The molecule has 2 aliphatic heterocycles. The lowest BCUT2D eigenvalue weighted by Gasteiger charge is -2.36. The molecule has 42 heavy (non-hydrogen) atoms. The molecule has 2 aromatic rings. The molecule has 0 spiro atoms. The molecule has 2 saturated heterocycles. The Morgan fingerprint density at radius 2 is 1.00 bits per heavy atom. The molecule has 3 nitrogen and oxygen atoms in total. The van der Waals surface area contributed by atoms with Crippen molar-refractivity contribution in [3.8, 4) is 0 Å². The lowest BCUT2D eigenvalue weighted by Crippen LogP contribution is -2.47. The Morgan fingerprint density at radius 3 is 1.38 bits per heavy atom. The molecule has 0 radical (unpaired) electrons. The van der Waals surface area contributed by atoms with Crippen LogP contribution in [-0.4, -0.2) is 61.3 Å². The van der Waals surface area contributed by atoms with Crippen LogP contribution in [0.1, 0.15) is 111 Å². The second-order valence-electron chi connectivity index (χ2n) is 15.8. The molecule has 0 aromatic heterocycles. The summed E-state index contributed by atoms with van der Waals surface area (Å²) < 4.78 is 5.82. The molecule has 2 aliphatic rings. The van der Waals surface area contributed by atoms with Crippen LogP contribution < -0.4 is 0 Å². The number of benzene rings is 2. The van der Waals surface area contributed by atoms with Crippen LogP contribution in [0.4, 0.5) is 0 Å². The first kappa shape index (κ1) is 34.8. The maximum atomic E-state index is 5.82. The molecule has 0 bridgehead atoms. The largest absolute Gasteiger partial charge is 0.373 e. The van der Waals surface area contributed by atoms with E-state index < -0.39 is 0 Å². The minimum absolute atomic E-state index is 0.240. The van der Waals surface area contributed by atoms with Gasteiger partial charge in [0.05, 0.1) is 12.2 Å². The minimum Gasteiger partial charge on any atom is -0.373 e. The molecule has 2 aromatic carbocycles. The Hall–Kier alpha value is -1.68. The van der Waals surface area contributed by atoms with E-state index in [0.717, 1.165) is 25.4 Å². The van der Waals surface area contributed by atoms with Crippen LogP contribution in [0.3, 0.4) is 0 Å². The smallest absolute Gasteiger partial charge is 0.0678 e. The first-order valence-corrected chi connectivity index (χ1v) is 17.0. The van der Waals surface area contributed by atoms with Crippen LogP contribution in [0, 0.1) is 11.8 Å². The lowest BCUT2D eigenvalue weighted by atomic mass is 9.86. The van der Waals surface area contributed by atoms with Gasteiger partial charge in [-0.3, -0.25) is 4.90 Å². The van der Waals surface area contributed by atoms with Crippen LogP contribution in [-0.2, 0) is 28.4 Å². The molecule has 3 heteroatoms. The summed E-state index contributed by atoms with van der Waals surface area (Å²) in [5.74, 6) is 1.44. The maximum absolute atomic E-state index is 5.82. The van der Waals surface area contributed by atoms with E-state index in [2.05, 4.69) is 128 Å². The molecule has 2 fully saturated rings. The van der Waals surface area contributed by atoms with Crippen LogP contribution in [0.2, 0.25) is 0 Å². The molecule has 4 atom stereocenters. The van der Waals surface area contributed by atoms with E-state index in [-0.39, 0.29) is 10.8 Å². The highest BCUT2D eigenvalue weighted by molar-refractivity contribution is 5.28. The van der Waals surface area contributed by atoms with Gasteiger partial charge in [0.15, 0.2) is 0 Å². The zero-order chi connectivity index (χ0) is 30.9. The van der Waals surface area contributed by atoms with Gasteiger partial charge in [0.25, 0.3) is 0 Å². The number of piperidine rings is 1. The van der Waals surface area contributed by atoms with Crippen LogP contribution in [0.25, 0.3) is 0 Å². The normalized spacial score (nSPS) is 22.2. The zero-order valence-electron chi connectivity index (χ0n) is 29.0. The van der Waals surface area contributed by atoms with E-state index in [0.29, 0.717) is 18.1 Å². The Morgan fingerprint density at radius 1 is 0.619 bits per heavy atom. The molecule has 0 aliphatic carbocycles. The minimum atomic E-state index is 0.240. The quantitative estimate of drug-likeness (QED) is 0.312. The number of hydrogen-bond donors (Lipinski definition) is 0. The molecule has 4 rings (SSSR count). The topological polar surface area (TPSA) is 15.7 Å². The van der Waals surface area contributed by atoms with E-state index in [1.807, 2.05) is 0 Å². The van der Waals surface area contributed by atoms with Crippen LogP contribution in [0.15, 0.2) is 48.5 Å². The lowest BCUT2D eigenvalue weighted by molar-refractivity contribution is -0.0708. The molecule has 0 saturated carbocycles. The molecule has 236 valence electrons. The first-order chi connectivity index (χ1) is 19.7. The number of morpholine rings is 1. The fourth-order valence-corrected chi connectivity index (χ4v) is 6.67. The van der Waals surface area contributed by atoms with Crippen molar-refractivity contribution in [2.75, 3.05) is 39.3 Å². The summed E-state index contributed by atoms with van der Waals surface area (Å²) in [7, 11) is 0. The average molecular weight is 577 g/mol. The van der Waals surface area contributed by atoms with Gasteiger partial charge in [-0.1, -0.05) is 110 Å². The molecule has 2 heterocycles. The van der Waals surface area contributed by atoms with Crippen LogP contribution >= 0.6 is 0 Å². The van der Waals surface area contributed by atoms with Crippen molar-refractivity contribution >= 4 is 0 Å². The number of ether oxygens (including phenoxy) is 1. The van der Waals surface area contributed by atoms with Crippen molar-refractivity contribution in [3.63, 3.8) is 0 Å². The third-order valence-corrected chi connectivity index (χ3v) is 8.89. The van der Waals surface area contributed by atoms with Crippen molar-refractivity contribution in [2.45, 2.75) is 124 Å². The molecular weight excluding hydrogens is 512 g/mol. The van der Waals surface area contributed by atoms with Gasteiger partial charge in [0.2, 0.25) is 0 Å². The third-order valence-electron chi connectivity index (χ3n) is 8.89. The fourth-order valence-electron chi connectivity index (χ4n) is 6.67. The predicted octanol–water partition coefficient (Wildman–Crippen LogP) is 8.92. The van der Waals surface area contributed by atoms with E-state index in [4.69, 9.17) is 4.74 Å². The Labute approximate surface area is 260 Å². The maximum Gasteiger partial charge on any atom is 0.0678 e. The summed E-state index contributed by atoms with van der Waals surface area (Å²) >= 11 is 0. The van der Waals surface area contributed by atoms with Gasteiger partial charge in [-0.25, -0.2) is 0 Å². The van der Waals surface area contributed by atoms with Gasteiger partial charge in [0.1, 0.15) is 0 Å². The highest BCUT2D eigenvalue weighted by Crippen LogP contribution is 2.24. The van der Waals surface area contributed by atoms with E-state index >= 15 is 0 Å². The molecule has 0 amide bonds. The van der Waals surface area contributed by atoms with Gasteiger partial charge >= 0.3 is 0 Å². The summed E-state index contributed by atoms with van der Waals surface area (Å²) in [5, 5.41) is 0. The predicted molar refractivity (Wildman–Crippen MR) is 183 cm³/mol. The van der Waals surface area contributed by atoms with Gasteiger partial charge in [-0.05, 0) is 97.5 Å². The van der Waals surface area contributed by atoms with Crippen molar-refractivity contribution in [1.29, 1.82) is 0 Å². The number of likely N-dealkylation sites (tertiary alicyclic amines) is 1. The Kier molecular flexibility index (Phi) is 13.2. The first-order valence-electron chi connectivity index (χ1n) is 17.0. The van der Waals surface area contributed by atoms with Crippen LogP contribution in [0.5, 0.6) is 0 Å². The molecule has 0 N–H and O–H groups in total. The average Bonchev–Trinajstić information content (AvgIpc) is 2.88. The number of hydrogen-bond acceptors (Lipinski definition) is 3. The van der Waals surface area contributed by atoms with E-state index in [1.54, 1.807) is 0 Å². The van der Waals surface area contributed by atoms with Crippen molar-refractivity contribution in [1.82, 2.24) is 9.80 Å². The standard InChI is InChI=1S/C20H33NO.C19H31N/c1-15(12-21-13-16(2)22-17(3)14-21)11-18-7-9-19(10-8-18)20(4,5)6;1-16(15-20-12-6-5-7-13-20)14-17-8-10-18(11-9-17)19(2,3)4/h7-10,15-17H,11-14H2,1-6H3;8-11,16H,5-7,12-15H2,1-4H3/t15?,16-,17+;. The van der Waals surface area contributed by atoms with Gasteiger partial charge in [0, 0.05) is 26.2 Å². The van der Waals surface area contributed by atoms with E-state index in [1.165, 1.54) is 74.1 Å². The summed E-state index contributed by atoms with van der Waals surface area (Å²) in [6, 6.07) is 18.5. The monoisotopic (exact) mass is 577 g/mol. The van der Waals surface area contributed by atoms with Crippen molar-refractivity contribution < 1.29 is 4.74 Å². The van der Waals surface area contributed by atoms with Crippen molar-refractivity contribution in [3.05, 3.63) is 70.8 Å². The Bertz CT molecular complexity index is 1010. The highest BCUT2D eigenvalue weighted by Gasteiger charge is 2.23. The summed E-state index contributed by atoms with van der Waals surface area (Å²) in [4.78, 5) is 5.21. The number of rotatable bonds is 8.